The zero-order chi connectivity index (χ0) is 18.9. The first-order valence-electron chi connectivity index (χ1n) is 10.4. The highest BCUT2D eigenvalue weighted by Crippen LogP contribution is 2.33. The Morgan fingerprint density at radius 1 is 1.11 bits per heavy atom. The number of carbonyl (C=O) groups excluding carboxylic acids is 1. The van der Waals surface area contributed by atoms with Crippen LogP contribution in [-0.2, 0) is 11.3 Å². The van der Waals surface area contributed by atoms with Crippen LogP contribution < -0.4 is 10.9 Å². The van der Waals surface area contributed by atoms with Crippen LogP contribution in [0.3, 0.4) is 0 Å². The van der Waals surface area contributed by atoms with Gasteiger partial charge in [-0.1, -0.05) is 17.7 Å². The molecule has 8 heteroatoms. The number of rotatable bonds is 4. The van der Waals surface area contributed by atoms with Crippen molar-refractivity contribution in [1.82, 2.24) is 35.7 Å². The third-order valence-corrected chi connectivity index (χ3v) is 6.53. The number of nitrogens with one attached hydrogen (secondary N) is 2. The van der Waals surface area contributed by atoms with E-state index in [0.29, 0.717) is 17.9 Å². The van der Waals surface area contributed by atoms with Gasteiger partial charge in [0.25, 0.3) is 0 Å². The van der Waals surface area contributed by atoms with Crippen molar-refractivity contribution >= 4 is 5.91 Å². The maximum Gasteiger partial charge on any atom is 0.241 e. The number of nitrogens with zero attached hydrogens (tertiary/aromatic N) is 5. The average molecular weight is 381 g/mol. The Hall–Kier alpha value is -2.32. The average Bonchev–Trinajstić information content (AvgIpc) is 3.46. The van der Waals surface area contributed by atoms with E-state index in [1.54, 1.807) is 6.20 Å². The predicted octanol–water partition coefficient (Wildman–Crippen LogP) is 1.22. The van der Waals surface area contributed by atoms with Crippen LogP contribution >= 0.6 is 0 Å². The molecule has 8 nitrogen and oxygen atoms in total. The fraction of sp³-hybridized carbons (Fsp3) is 0.600. The van der Waals surface area contributed by atoms with Crippen LogP contribution in [0.25, 0.3) is 11.4 Å². The second kappa shape index (κ2) is 7.60. The van der Waals surface area contributed by atoms with Gasteiger partial charge in [0, 0.05) is 37.8 Å². The number of carbonyl (C=O) groups is 1. The zero-order valence-corrected chi connectivity index (χ0v) is 16.0. The largest absolute Gasteiger partial charge is 0.341 e. The standard InChI is InChI=1S/C20H27N7O/c28-20(19-15-4-3-6-16(15)22-24-19)26-10-7-14(8-11-26)12-27-13-18(23-25-27)17-5-1-2-9-21-17/h1-2,5,9,13-16,19,22,24H,3-4,6-8,10-12H2. The lowest BCUT2D eigenvalue weighted by Crippen LogP contribution is -2.50. The topological polar surface area (TPSA) is 88.0 Å². The molecule has 2 saturated heterocycles. The number of fused-ring (bicyclic) bond motifs is 1. The Kier molecular flexibility index (Phi) is 4.82. The maximum absolute atomic E-state index is 13.0. The van der Waals surface area contributed by atoms with Gasteiger partial charge < -0.3 is 4.90 Å². The highest BCUT2D eigenvalue weighted by atomic mass is 16.2. The Labute approximate surface area is 164 Å². The number of hydrazine groups is 1. The molecule has 3 aliphatic rings. The number of likely N-dealkylation sites (tertiary alicyclic amines) is 1. The molecule has 1 saturated carbocycles. The van der Waals surface area contributed by atoms with Gasteiger partial charge in [-0.25, -0.2) is 5.43 Å². The lowest BCUT2D eigenvalue weighted by molar-refractivity contribution is -0.135. The highest BCUT2D eigenvalue weighted by molar-refractivity contribution is 5.82. The second-order valence-corrected chi connectivity index (χ2v) is 8.28. The van der Waals surface area contributed by atoms with E-state index < -0.39 is 0 Å². The molecule has 0 spiro atoms. The molecule has 2 N–H and O–H groups in total. The minimum atomic E-state index is -0.0414. The molecule has 148 valence electrons. The second-order valence-electron chi connectivity index (χ2n) is 8.28. The van der Waals surface area contributed by atoms with E-state index in [2.05, 4.69) is 31.0 Å². The van der Waals surface area contributed by atoms with Crippen molar-refractivity contribution in [2.45, 2.75) is 50.7 Å². The van der Waals surface area contributed by atoms with Gasteiger partial charge in [-0.3, -0.25) is 19.9 Å². The SMILES string of the molecule is O=C(C1NNC2CCCC21)N1CCC(Cn2cc(-c3ccccn3)nn2)CC1. The molecule has 28 heavy (non-hydrogen) atoms. The summed E-state index contributed by atoms with van der Waals surface area (Å²) in [5.74, 6) is 1.26. The molecule has 1 amide bonds. The number of hydrogen-bond acceptors (Lipinski definition) is 6. The molecule has 0 radical (unpaired) electrons. The smallest absolute Gasteiger partial charge is 0.241 e. The zero-order valence-electron chi connectivity index (χ0n) is 16.0. The van der Waals surface area contributed by atoms with Crippen molar-refractivity contribution in [3.05, 3.63) is 30.6 Å². The lowest BCUT2D eigenvalue weighted by atomic mass is 9.93. The van der Waals surface area contributed by atoms with Gasteiger partial charge in [0.15, 0.2) is 0 Å². The quantitative estimate of drug-likeness (QED) is 0.828. The van der Waals surface area contributed by atoms with E-state index in [-0.39, 0.29) is 11.9 Å². The van der Waals surface area contributed by atoms with Crippen molar-refractivity contribution < 1.29 is 4.79 Å². The first kappa shape index (κ1) is 17.8. The third kappa shape index (κ3) is 3.42. The minimum absolute atomic E-state index is 0.0414. The molecule has 3 fully saturated rings. The molecule has 5 rings (SSSR count). The van der Waals surface area contributed by atoms with Crippen molar-refractivity contribution in [3.8, 4) is 11.4 Å². The number of amides is 1. The minimum Gasteiger partial charge on any atom is -0.341 e. The summed E-state index contributed by atoms with van der Waals surface area (Å²) in [6, 6.07) is 6.23. The van der Waals surface area contributed by atoms with E-state index in [1.165, 1.54) is 12.8 Å². The van der Waals surface area contributed by atoms with Crippen LogP contribution in [0.4, 0.5) is 0 Å². The van der Waals surface area contributed by atoms with Gasteiger partial charge in [-0.05, 0) is 43.7 Å². The van der Waals surface area contributed by atoms with E-state index in [9.17, 15) is 4.79 Å². The van der Waals surface area contributed by atoms with Crippen molar-refractivity contribution in [2.24, 2.45) is 11.8 Å². The molecule has 4 heterocycles. The first-order chi connectivity index (χ1) is 13.8. The predicted molar refractivity (Wildman–Crippen MR) is 104 cm³/mol. The van der Waals surface area contributed by atoms with E-state index in [4.69, 9.17) is 0 Å². The molecule has 3 unspecified atom stereocenters. The summed E-state index contributed by atoms with van der Waals surface area (Å²) in [4.78, 5) is 19.3. The van der Waals surface area contributed by atoms with Gasteiger partial charge in [-0.2, -0.15) is 0 Å². The normalized spacial score (nSPS) is 27.9. The van der Waals surface area contributed by atoms with Gasteiger partial charge in [-0.15, -0.1) is 5.10 Å². The molecule has 2 aliphatic heterocycles. The summed E-state index contributed by atoms with van der Waals surface area (Å²) < 4.78 is 1.91. The van der Waals surface area contributed by atoms with E-state index in [1.807, 2.05) is 29.1 Å². The van der Waals surface area contributed by atoms with E-state index in [0.717, 1.165) is 50.3 Å². The molecule has 1 aliphatic carbocycles. The number of piperidine rings is 1. The fourth-order valence-electron chi connectivity index (χ4n) is 4.93. The number of hydrogen-bond donors (Lipinski definition) is 2. The van der Waals surface area contributed by atoms with Crippen molar-refractivity contribution in [1.29, 1.82) is 0 Å². The molecule has 2 aromatic rings. The molecule has 2 aromatic heterocycles. The van der Waals surface area contributed by atoms with Crippen LogP contribution in [-0.4, -0.2) is 56.0 Å². The van der Waals surface area contributed by atoms with Crippen LogP contribution in [0.15, 0.2) is 30.6 Å². The van der Waals surface area contributed by atoms with E-state index >= 15 is 0 Å². The van der Waals surface area contributed by atoms with Gasteiger partial charge in [0.05, 0.1) is 11.9 Å². The Morgan fingerprint density at radius 2 is 2.00 bits per heavy atom. The summed E-state index contributed by atoms with van der Waals surface area (Å²) in [7, 11) is 0. The van der Waals surface area contributed by atoms with Gasteiger partial charge in [0.1, 0.15) is 11.7 Å². The molecule has 0 bridgehead atoms. The molecular formula is C20H27N7O. The summed E-state index contributed by atoms with van der Waals surface area (Å²) in [5, 5.41) is 8.52. The Morgan fingerprint density at radius 3 is 2.82 bits per heavy atom. The van der Waals surface area contributed by atoms with Gasteiger partial charge in [0.2, 0.25) is 5.91 Å². The summed E-state index contributed by atoms with van der Waals surface area (Å²) in [6.07, 6.45) is 9.33. The highest BCUT2D eigenvalue weighted by Gasteiger charge is 2.44. The summed E-state index contributed by atoms with van der Waals surface area (Å²) in [5.41, 5.74) is 8.23. The van der Waals surface area contributed by atoms with Gasteiger partial charge >= 0.3 is 0 Å². The maximum atomic E-state index is 13.0. The lowest BCUT2D eigenvalue weighted by Gasteiger charge is -2.34. The van der Waals surface area contributed by atoms with Crippen LogP contribution in [0.5, 0.6) is 0 Å². The Balaban J connectivity index is 1.15. The fourth-order valence-corrected chi connectivity index (χ4v) is 4.93. The first-order valence-corrected chi connectivity index (χ1v) is 10.4. The van der Waals surface area contributed by atoms with Crippen LogP contribution in [0, 0.1) is 11.8 Å². The van der Waals surface area contributed by atoms with Crippen molar-refractivity contribution in [2.75, 3.05) is 13.1 Å². The molecule has 0 aromatic carbocycles. The monoisotopic (exact) mass is 381 g/mol. The Bertz CT molecular complexity index is 815. The summed E-state index contributed by atoms with van der Waals surface area (Å²) >= 11 is 0. The molecule has 3 atom stereocenters. The third-order valence-electron chi connectivity index (χ3n) is 6.53. The number of pyridine rings is 1. The van der Waals surface area contributed by atoms with Crippen LogP contribution in [0.2, 0.25) is 0 Å². The summed E-state index contributed by atoms with van der Waals surface area (Å²) in [6.45, 7) is 2.51. The molecular weight excluding hydrogens is 354 g/mol. The van der Waals surface area contributed by atoms with Crippen molar-refractivity contribution in [3.63, 3.8) is 0 Å². The number of aromatic nitrogens is 4. The van der Waals surface area contributed by atoms with Crippen LogP contribution in [0.1, 0.15) is 32.1 Å².